The van der Waals surface area contributed by atoms with Crippen molar-refractivity contribution in [2.75, 3.05) is 24.7 Å². The predicted molar refractivity (Wildman–Crippen MR) is 50.9 cm³/mol. The van der Waals surface area contributed by atoms with Gasteiger partial charge in [0.15, 0.2) is 0 Å². The van der Waals surface area contributed by atoms with Gasteiger partial charge in [0.25, 0.3) is 0 Å². The third kappa shape index (κ3) is 2.99. The summed E-state index contributed by atoms with van der Waals surface area (Å²) in [7, 11) is 0. The maximum atomic E-state index is 11.1. The fourth-order valence-electron chi connectivity index (χ4n) is 0.919. The molecule has 1 aliphatic rings. The minimum Gasteiger partial charge on any atom is -0.344 e. The second-order valence-corrected chi connectivity index (χ2v) is 3.51. The van der Waals surface area contributed by atoms with Gasteiger partial charge in [0.1, 0.15) is 6.54 Å². The van der Waals surface area contributed by atoms with Gasteiger partial charge in [0, 0.05) is 0 Å². The van der Waals surface area contributed by atoms with Crippen molar-refractivity contribution in [1.29, 1.82) is 0 Å². The Balaban J connectivity index is 2.28. The maximum Gasteiger partial charge on any atom is 0.240 e. The summed E-state index contributed by atoms with van der Waals surface area (Å²) in [5, 5.41) is 2.50. The van der Waals surface area contributed by atoms with Crippen LogP contribution in [0.1, 0.15) is 0 Å². The largest absolute Gasteiger partial charge is 0.344 e. The van der Waals surface area contributed by atoms with E-state index >= 15 is 0 Å². The lowest BCUT2D eigenvalue weighted by molar-refractivity contribution is -0.132. The Hall–Kier alpha value is -1.15. The fourth-order valence-corrected chi connectivity index (χ4v) is 1.82. The number of hydrogen-bond acceptors (Lipinski definition) is 3. The van der Waals surface area contributed by atoms with Gasteiger partial charge in [0.2, 0.25) is 11.8 Å². The van der Waals surface area contributed by atoms with E-state index in [2.05, 4.69) is 11.2 Å². The van der Waals surface area contributed by atoms with Gasteiger partial charge < -0.3 is 10.2 Å². The van der Waals surface area contributed by atoms with Gasteiger partial charge in [-0.15, -0.1) is 18.2 Å². The first-order valence-corrected chi connectivity index (χ1v) is 4.95. The van der Waals surface area contributed by atoms with Crippen LogP contribution in [0.25, 0.3) is 0 Å². The van der Waals surface area contributed by atoms with E-state index in [1.165, 1.54) is 16.7 Å². The van der Waals surface area contributed by atoms with E-state index in [1.54, 1.807) is 0 Å². The molecule has 0 bridgehead atoms. The Bertz CT molecular complexity index is 259. The summed E-state index contributed by atoms with van der Waals surface area (Å²) in [5.74, 6) is 3.18. The molecule has 0 aromatic heterocycles. The van der Waals surface area contributed by atoms with Crippen LogP contribution in [-0.4, -0.2) is 41.4 Å². The number of terminal acetylenes is 1. The highest BCUT2D eigenvalue weighted by atomic mass is 32.2. The molecule has 1 aliphatic heterocycles. The van der Waals surface area contributed by atoms with Gasteiger partial charge in [-0.3, -0.25) is 9.59 Å². The van der Waals surface area contributed by atoms with Crippen molar-refractivity contribution in [3.8, 4) is 12.3 Å². The quantitative estimate of drug-likeness (QED) is 0.608. The van der Waals surface area contributed by atoms with Crippen LogP contribution in [0.15, 0.2) is 0 Å². The lowest BCUT2D eigenvalue weighted by Crippen LogP contribution is -2.38. The zero-order valence-electron chi connectivity index (χ0n) is 7.08. The molecule has 0 radical (unpaired) electrons. The molecule has 1 N–H and O–H groups in total. The summed E-state index contributed by atoms with van der Waals surface area (Å²) in [4.78, 5) is 23.7. The average molecular weight is 198 g/mol. The zero-order chi connectivity index (χ0) is 9.68. The van der Waals surface area contributed by atoms with Gasteiger partial charge in [0.05, 0.1) is 18.2 Å². The number of hydrogen-bond donors (Lipinski definition) is 1. The Labute approximate surface area is 81.0 Å². The molecule has 2 amide bonds. The number of rotatable bonds is 3. The van der Waals surface area contributed by atoms with E-state index in [-0.39, 0.29) is 24.9 Å². The smallest absolute Gasteiger partial charge is 0.240 e. The summed E-state index contributed by atoms with van der Waals surface area (Å²) < 4.78 is 0. The van der Waals surface area contributed by atoms with E-state index in [1.807, 2.05) is 0 Å². The molecular formula is C8H10N2O2S. The minimum atomic E-state index is -0.200. The fraction of sp³-hybridized carbons (Fsp3) is 0.500. The Morgan fingerprint density at radius 3 is 3.08 bits per heavy atom. The molecule has 1 saturated heterocycles. The van der Waals surface area contributed by atoms with Crippen molar-refractivity contribution in [3.05, 3.63) is 0 Å². The highest BCUT2D eigenvalue weighted by Gasteiger charge is 2.22. The Morgan fingerprint density at radius 2 is 2.54 bits per heavy atom. The summed E-state index contributed by atoms with van der Waals surface area (Å²) in [5.41, 5.74) is 0. The molecule has 13 heavy (non-hydrogen) atoms. The van der Waals surface area contributed by atoms with E-state index in [0.717, 1.165) is 0 Å². The van der Waals surface area contributed by atoms with Crippen LogP contribution in [0.5, 0.6) is 0 Å². The van der Waals surface area contributed by atoms with Crippen molar-refractivity contribution in [2.45, 2.75) is 0 Å². The molecule has 4 nitrogen and oxygen atoms in total. The van der Waals surface area contributed by atoms with Crippen molar-refractivity contribution in [2.24, 2.45) is 0 Å². The van der Waals surface area contributed by atoms with Crippen LogP contribution in [0.4, 0.5) is 0 Å². The first-order valence-electron chi connectivity index (χ1n) is 3.79. The third-order valence-electron chi connectivity index (χ3n) is 1.55. The number of amides is 2. The van der Waals surface area contributed by atoms with Crippen LogP contribution in [0, 0.1) is 12.3 Å². The molecule has 1 rings (SSSR count). The summed E-state index contributed by atoms with van der Waals surface area (Å²) in [6.07, 6.45) is 4.96. The summed E-state index contributed by atoms with van der Waals surface area (Å²) >= 11 is 1.51. The maximum absolute atomic E-state index is 11.1. The number of carbonyl (C=O) groups excluding carboxylic acids is 2. The highest BCUT2D eigenvalue weighted by Crippen LogP contribution is 2.13. The summed E-state index contributed by atoms with van der Waals surface area (Å²) in [6, 6.07) is 0. The molecule has 0 atom stereocenters. The van der Waals surface area contributed by atoms with Crippen LogP contribution < -0.4 is 5.32 Å². The minimum absolute atomic E-state index is 0.0147. The molecule has 5 heteroatoms. The molecular weight excluding hydrogens is 188 g/mol. The highest BCUT2D eigenvalue weighted by molar-refractivity contribution is 8.00. The zero-order valence-corrected chi connectivity index (χ0v) is 7.89. The van der Waals surface area contributed by atoms with Crippen LogP contribution >= 0.6 is 11.8 Å². The normalized spacial score (nSPS) is 15.6. The summed E-state index contributed by atoms with van der Waals surface area (Å²) in [6.45, 7) is 0.335. The van der Waals surface area contributed by atoms with Gasteiger partial charge >= 0.3 is 0 Å². The second-order valence-electron chi connectivity index (χ2n) is 2.55. The van der Waals surface area contributed by atoms with Crippen molar-refractivity contribution in [3.63, 3.8) is 0 Å². The van der Waals surface area contributed by atoms with Crippen molar-refractivity contribution < 1.29 is 9.59 Å². The van der Waals surface area contributed by atoms with E-state index < -0.39 is 0 Å². The predicted octanol–water partition coefficient (Wildman–Crippen LogP) is -0.731. The van der Waals surface area contributed by atoms with Gasteiger partial charge in [-0.05, 0) is 0 Å². The van der Waals surface area contributed by atoms with Crippen molar-refractivity contribution in [1.82, 2.24) is 10.2 Å². The monoisotopic (exact) mass is 198 g/mol. The number of carbonyl (C=O) groups is 2. The molecule has 1 fully saturated rings. The molecule has 70 valence electrons. The molecule has 0 aliphatic carbocycles. The van der Waals surface area contributed by atoms with Crippen molar-refractivity contribution >= 4 is 23.6 Å². The lowest BCUT2D eigenvalue weighted by atomic mass is 10.5. The second kappa shape index (κ2) is 4.77. The Morgan fingerprint density at radius 1 is 1.77 bits per heavy atom. The first kappa shape index (κ1) is 9.93. The molecule has 0 spiro atoms. The van der Waals surface area contributed by atoms with Crippen LogP contribution in [-0.2, 0) is 9.59 Å². The third-order valence-corrected chi connectivity index (χ3v) is 2.49. The Kier molecular flexibility index (Phi) is 3.65. The molecule has 0 aromatic rings. The molecule has 0 aromatic carbocycles. The van der Waals surface area contributed by atoms with E-state index in [0.29, 0.717) is 11.6 Å². The van der Waals surface area contributed by atoms with Crippen LogP contribution in [0.2, 0.25) is 0 Å². The topological polar surface area (TPSA) is 49.4 Å². The number of nitrogens with one attached hydrogen (secondary N) is 1. The van der Waals surface area contributed by atoms with Gasteiger partial charge in [-0.1, -0.05) is 5.92 Å². The molecule has 1 heterocycles. The molecule has 0 unspecified atom stereocenters. The van der Waals surface area contributed by atoms with E-state index in [4.69, 9.17) is 6.42 Å². The number of thioether (sulfide) groups is 1. The SMILES string of the molecule is C#CCNC(=O)CN1CSCC1=O. The lowest BCUT2D eigenvalue weighted by Gasteiger charge is -2.12. The van der Waals surface area contributed by atoms with Gasteiger partial charge in [-0.25, -0.2) is 0 Å². The van der Waals surface area contributed by atoms with E-state index in [9.17, 15) is 9.59 Å². The molecule has 0 saturated carbocycles. The van der Waals surface area contributed by atoms with Crippen LogP contribution in [0.3, 0.4) is 0 Å². The standard InChI is InChI=1S/C8H10N2O2S/c1-2-3-9-7(11)4-10-6-13-5-8(10)12/h1H,3-6H2,(H,9,11). The average Bonchev–Trinajstić information content (AvgIpc) is 2.48. The van der Waals surface area contributed by atoms with Gasteiger partial charge in [-0.2, -0.15) is 0 Å². The first-order chi connectivity index (χ1) is 6.24. The number of nitrogens with zero attached hydrogens (tertiary/aromatic N) is 1.